The Morgan fingerprint density at radius 2 is 1.10 bits per heavy atom. The van der Waals surface area contributed by atoms with Crippen molar-refractivity contribution in [3.05, 3.63) is 167 Å². The van der Waals surface area contributed by atoms with Crippen molar-refractivity contribution in [2.45, 2.75) is 71.3 Å². The molecule has 0 unspecified atom stereocenters. The zero-order valence-corrected chi connectivity index (χ0v) is 46.3. The van der Waals surface area contributed by atoms with Crippen LogP contribution < -0.4 is 19.7 Å². The second-order valence-corrected chi connectivity index (χ2v) is 21.7. The first-order chi connectivity index (χ1) is 39.3. The number of carbonyl (C=O) groups is 6. The first-order valence-corrected chi connectivity index (χ1v) is 27.2. The average Bonchev–Trinajstić information content (AvgIpc) is 3.47. The van der Waals surface area contributed by atoms with Crippen LogP contribution in [0.25, 0.3) is 33.0 Å². The Kier molecular flexibility index (Phi) is 15.7. The molecular formula is C62H62F2N8O10. The first kappa shape index (κ1) is 56.0. The second kappa shape index (κ2) is 23.0. The molecule has 6 heterocycles. The van der Waals surface area contributed by atoms with E-state index in [0.29, 0.717) is 71.2 Å². The number of piperazine rings is 1. The van der Waals surface area contributed by atoms with Crippen molar-refractivity contribution < 1.29 is 56.5 Å². The van der Waals surface area contributed by atoms with E-state index in [1.807, 2.05) is 58.0 Å². The zero-order valence-electron chi connectivity index (χ0n) is 46.3. The lowest BCUT2D eigenvalue weighted by Gasteiger charge is -2.34. The summed E-state index contributed by atoms with van der Waals surface area (Å²) in [5.74, 6) is -1.16. The quantitative estimate of drug-likeness (QED) is 0.109. The molecule has 0 spiro atoms. The lowest BCUT2D eigenvalue weighted by molar-refractivity contribution is -0.137. The van der Waals surface area contributed by atoms with E-state index in [4.69, 9.17) is 18.9 Å². The number of H-pyrrole nitrogens is 2. The van der Waals surface area contributed by atoms with Crippen LogP contribution >= 0.6 is 0 Å². The van der Waals surface area contributed by atoms with Gasteiger partial charge in [0.15, 0.2) is 0 Å². The van der Waals surface area contributed by atoms with Crippen molar-refractivity contribution in [2.24, 2.45) is 0 Å². The highest BCUT2D eigenvalue weighted by Crippen LogP contribution is 2.43. The van der Waals surface area contributed by atoms with Crippen LogP contribution in [-0.4, -0.2) is 124 Å². The summed E-state index contributed by atoms with van der Waals surface area (Å²) in [6, 6.07) is 27.1. The van der Waals surface area contributed by atoms with E-state index in [1.54, 1.807) is 49.2 Å². The number of aromatic amines is 2. The number of aromatic nitrogens is 3. The summed E-state index contributed by atoms with van der Waals surface area (Å²) in [7, 11) is 0. The minimum absolute atomic E-state index is 0.150. The minimum atomic E-state index is -0.625. The average molecular weight is 1120 g/mol. The van der Waals surface area contributed by atoms with Gasteiger partial charge in [0, 0.05) is 120 Å². The van der Waals surface area contributed by atoms with Crippen LogP contribution in [0.3, 0.4) is 0 Å². The molecular weight excluding hydrogens is 1050 g/mol. The van der Waals surface area contributed by atoms with Gasteiger partial charge in [-0.2, -0.15) is 0 Å². The number of nitrogens with one attached hydrogen (secondary N) is 3. The van der Waals surface area contributed by atoms with E-state index >= 15 is 0 Å². The number of hydrogen-bond acceptors (Lipinski definition) is 12. The highest BCUT2D eigenvalue weighted by Gasteiger charge is 2.40. The van der Waals surface area contributed by atoms with E-state index in [0.717, 1.165) is 40.6 Å². The predicted octanol–water partition coefficient (Wildman–Crippen LogP) is 10.3. The number of benzene rings is 4. The molecule has 20 heteroatoms. The van der Waals surface area contributed by atoms with E-state index < -0.39 is 46.6 Å². The van der Waals surface area contributed by atoms with Gasteiger partial charge in [-0.1, -0.05) is 33.8 Å². The summed E-state index contributed by atoms with van der Waals surface area (Å²) in [6.07, 6.45) is 5.71. The van der Waals surface area contributed by atoms with Gasteiger partial charge in [-0.25, -0.2) is 32.9 Å². The fourth-order valence-corrected chi connectivity index (χ4v) is 10.7. The van der Waals surface area contributed by atoms with Crippen molar-refractivity contribution in [2.75, 3.05) is 57.4 Å². The molecule has 1 saturated heterocycles. The van der Waals surface area contributed by atoms with Crippen molar-refractivity contribution in [1.82, 2.24) is 35.0 Å². The largest absolute Gasteiger partial charge is 0.462 e. The number of pyridine rings is 1. The summed E-state index contributed by atoms with van der Waals surface area (Å²) in [4.78, 5) is 96.3. The predicted molar refractivity (Wildman–Crippen MR) is 303 cm³/mol. The standard InChI is InChI=1S/C34H34FN5O5.C28H28FN3O5/c1-4-44-32(42)26-20-40(31(41)22-8-10-23(35)11-9-22)21-34(2,3)29-25-13-12-24(19-27(25)37-30(26)29)45-33(43)39-17-15-38(16-18-39)28-7-5-6-14-36-28;1-4-36-26(34)21-14-32(25(33)16-5-7-17(29)8-6-16)15-28(2,3)23-20-12-11-19(13-22(20)31-24(21)23)37-27(35)30-18-9-10-18/h5-14,19-20,37H,4,15-18,21H2,1-3H3;5-8,11-14,18,31H,4,9-10,15H2,1-3H3,(H,30,35). The molecule has 0 radical (unpaired) electrons. The molecule has 0 bridgehead atoms. The van der Waals surface area contributed by atoms with Crippen LogP contribution in [-0.2, 0) is 29.9 Å². The minimum Gasteiger partial charge on any atom is -0.462 e. The van der Waals surface area contributed by atoms with Crippen LogP contribution in [0.1, 0.15) is 97.6 Å². The molecule has 1 saturated carbocycles. The van der Waals surface area contributed by atoms with E-state index in [1.165, 1.54) is 70.7 Å². The molecule has 2 fully saturated rings. The Bertz CT molecular complexity index is 3670. The van der Waals surface area contributed by atoms with E-state index in [9.17, 15) is 37.5 Å². The molecule has 424 valence electrons. The highest BCUT2D eigenvalue weighted by atomic mass is 19.1. The monoisotopic (exact) mass is 1120 g/mol. The van der Waals surface area contributed by atoms with Gasteiger partial charge < -0.3 is 53.8 Å². The highest BCUT2D eigenvalue weighted by molar-refractivity contribution is 6.19. The van der Waals surface area contributed by atoms with Crippen LogP contribution in [0.2, 0.25) is 0 Å². The lowest BCUT2D eigenvalue weighted by Crippen LogP contribution is -2.49. The van der Waals surface area contributed by atoms with Crippen LogP contribution in [0, 0.1) is 11.6 Å². The Hall–Kier alpha value is -9.33. The van der Waals surface area contributed by atoms with Gasteiger partial charge in [0.2, 0.25) is 0 Å². The molecule has 0 atom stereocenters. The Balaban J connectivity index is 0.000000187. The fourth-order valence-electron chi connectivity index (χ4n) is 10.7. The van der Waals surface area contributed by atoms with Crippen molar-refractivity contribution in [3.63, 3.8) is 0 Å². The number of ether oxygens (including phenoxy) is 4. The number of rotatable bonds is 10. The second-order valence-electron chi connectivity index (χ2n) is 21.7. The van der Waals surface area contributed by atoms with Gasteiger partial charge in [-0.3, -0.25) is 9.59 Å². The summed E-state index contributed by atoms with van der Waals surface area (Å²) in [6.45, 7) is 14.5. The number of anilines is 1. The van der Waals surface area contributed by atoms with Gasteiger partial charge in [-0.05, 0) is 123 Å². The molecule has 4 amide bonds. The van der Waals surface area contributed by atoms with Crippen LogP contribution in [0.15, 0.2) is 122 Å². The lowest BCUT2D eigenvalue weighted by atomic mass is 9.81. The third-order valence-corrected chi connectivity index (χ3v) is 14.7. The number of amides is 4. The smallest absolute Gasteiger partial charge is 0.415 e. The number of nitrogens with zero attached hydrogens (tertiary/aromatic N) is 5. The normalized spacial score (nSPS) is 16.2. The molecule has 3 aromatic heterocycles. The molecule has 7 aromatic rings. The van der Waals surface area contributed by atoms with Gasteiger partial charge in [0.25, 0.3) is 11.8 Å². The maximum absolute atomic E-state index is 13.5. The topological polar surface area (TPSA) is 209 Å². The van der Waals surface area contributed by atoms with Gasteiger partial charge >= 0.3 is 24.1 Å². The van der Waals surface area contributed by atoms with Crippen molar-refractivity contribution >= 4 is 74.7 Å². The number of halogens is 2. The van der Waals surface area contributed by atoms with E-state index in [2.05, 4.69) is 25.2 Å². The van der Waals surface area contributed by atoms with Gasteiger partial charge in [-0.15, -0.1) is 0 Å². The molecule has 4 aromatic carbocycles. The molecule has 1 aliphatic carbocycles. The molecule has 3 N–H and O–H groups in total. The molecule has 11 rings (SSSR count). The maximum atomic E-state index is 13.5. The van der Waals surface area contributed by atoms with Gasteiger partial charge in [0.1, 0.15) is 29.0 Å². The Labute approximate surface area is 471 Å². The van der Waals surface area contributed by atoms with Crippen molar-refractivity contribution in [1.29, 1.82) is 0 Å². The summed E-state index contributed by atoms with van der Waals surface area (Å²) in [5, 5.41) is 4.45. The van der Waals surface area contributed by atoms with Crippen LogP contribution in [0.5, 0.6) is 11.5 Å². The van der Waals surface area contributed by atoms with Gasteiger partial charge in [0.05, 0.1) is 35.7 Å². The third kappa shape index (κ3) is 11.9. The Morgan fingerprint density at radius 3 is 1.54 bits per heavy atom. The summed E-state index contributed by atoms with van der Waals surface area (Å²) < 4.78 is 48.9. The van der Waals surface area contributed by atoms with Crippen LogP contribution in [0.4, 0.5) is 24.2 Å². The molecule has 4 aliphatic rings. The molecule has 82 heavy (non-hydrogen) atoms. The molecule has 3 aliphatic heterocycles. The summed E-state index contributed by atoms with van der Waals surface area (Å²) >= 11 is 0. The van der Waals surface area contributed by atoms with E-state index in [-0.39, 0.29) is 55.3 Å². The van der Waals surface area contributed by atoms with Crippen molar-refractivity contribution in [3.8, 4) is 11.5 Å². The number of carbonyl (C=O) groups excluding carboxylic acids is 6. The number of fused-ring (bicyclic) bond motifs is 6. The third-order valence-electron chi connectivity index (χ3n) is 14.7. The molecule has 18 nitrogen and oxygen atoms in total. The number of esters is 2. The maximum Gasteiger partial charge on any atom is 0.415 e. The summed E-state index contributed by atoms with van der Waals surface area (Å²) in [5.41, 5.74) is 3.85. The number of hydrogen-bond donors (Lipinski definition) is 3. The first-order valence-electron chi connectivity index (χ1n) is 27.2. The fraction of sp³-hybridized carbons (Fsp3) is 0.306. The SMILES string of the molecule is CCOC(=O)C1=CN(C(=O)c2ccc(F)cc2)CC(C)(C)c2c1[nH]c1cc(OC(=O)N3CCN(c4ccccn4)CC3)ccc21.CCOC(=O)C1=CN(C(=O)c2ccc(F)cc2)CC(C)(C)c2c1[nH]c1cc(OC(=O)NC3CC3)ccc21. The zero-order chi connectivity index (χ0) is 58.0. The Morgan fingerprint density at radius 1 is 0.622 bits per heavy atom.